The van der Waals surface area contributed by atoms with Crippen LogP contribution in [0.5, 0.6) is 0 Å². The number of nitrogens with one attached hydrogen (secondary N) is 2. The third-order valence-electron chi connectivity index (χ3n) is 4.19. The normalized spacial score (nSPS) is 13.0. The Labute approximate surface area is 143 Å². The number of nitrogens with zero attached hydrogens (tertiary/aromatic N) is 1. The van der Waals surface area contributed by atoms with E-state index in [0.717, 1.165) is 22.8 Å². The highest BCUT2D eigenvalue weighted by Gasteiger charge is 2.35. The molecule has 130 valence electrons. The maximum absolute atomic E-state index is 13.4. The fourth-order valence-electron chi connectivity index (χ4n) is 2.99. The molecule has 0 saturated carbocycles. The molecule has 0 spiro atoms. The predicted molar refractivity (Wildman–Crippen MR) is 91.2 cm³/mol. The van der Waals surface area contributed by atoms with Crippen molar-refractivity contribution < 1.29 is 13.2 Å². The zero-order valence-electron chi connectivity index (χ0n) is 13.6. The molecule has 0 bridgehead atoms. The summed E-state index contributed by atoms with van der Waals surface area (Å²) < 4.78 is 40.2. The first kappa shape index (κ1) is 17.2. The Balaban J connectivity index is 2.00. The third-order valence-corrected chi connectivity index (χ3v) is 4.19. The van der Waals surface area contributed by atoms with Gasteiger partial charge >= 0.3 is 6.18 Å². The molecule has 6 heteroatoms. The van der Waals surface area contributed by atoms with Gasteiger partial charge in [0, 0.05) is 24.2 Å². The van der Waals surface area contributed by atoms with Crippen LogP contribution < -0.4 is 5.32 Å². The Hall–Kier alpha value is -2.60. The van der Waals surface area contributed by atoms with Crippen LogP contribution in [0.3, 0.4) is 0 Å². The lowest BCUT2D eigenvalue weighted by molar-refractivity contribution is -0.138. The maximum Gasteiger partial charge on any atom is 0.416 e. The number of hydrogen-bond donors (Lipinski definition) is 2. The zero-order valence-corrected chi connectivity index (χ0v) is 13.6. The summed E-state index contributed by atoms with van der Waals surface area (Å²) in [5.41, 5.74) is 2.42. The van der Waals surface area contributed by atoms with Crippen LogP contribution in [0.4, 0.5) is 13.2 Å². The molecule has 0 radical (unpaired) electrons. The number of aromatic amines is 1. The number of H-pyrrole nitrogens is 1. The second-order valence-corrected chi connectivity index (χ2v) is 5.80. The average molecular weight is 345 g/mol. The van der Waals surface area contributed by atoms with Gasteiger partial charge in [-0.1, -0.05) is 42.5 Å². The van der Waals surface area contributed by atoms with Gasteiger partial charge in [0.1, 0.15) is 0 Å². The first-order chi connectivity index (χ1) is 12.0. The number of likely N-dealkylation sites (N-methyl/N-ethyl adjacent to an activating group) is 1. The highest BCUT2D eigenvalue weighted by atomic mass is 19.4. The molecule has 1 heterocycles. The lowest BCUT2D eigenvalue weighted by Gasteiger charge is -2.22. The molecule has 0 aliphatic rings. The minimum Gasteiger partial charge on any atom is -0.319 e. The molecule has 3 aromatic rings. The molecule has 1 aromatic heterocycles. The van der Waals surface area contributed by atoms with Crippen LogP contribution in [0, 0.1) is 0 Å². The quantitative estimate of drug-likeness (QED) is 0.717. The SMILES string of the molecule is CNCC(c1ccc(-c2cn[nH]c2)cc1)c1ccccc1C(F)(F)F. The average Bonchev–Trinajstić information content (AvgIpc) is 3.14. The number of alkyl halides is 3. The molecule has 0 aliphatic heterocycles. The van der Waals surface area contributed by atoms with E-state index >= 15 is 0 Å². The van der Waals surface area contributed by atoms with Crippen molar-refractivity contribution in [3.05, 3.63) is 77.6 Å². The minimum atomic E-state index is -4.38. The number of halogens is 3. The largest absolute Gasteiger partial charge is 0.416 e. The molecule has 0 fully saturated rings. The van der Waals surface area contributed by atoms with Gasteiger partial charge in [0.05, 0.1) is 11.8 Å². The summed E-state index contributed by atoms with van der Waals surface area (Å²) >= 11 is 0. The highest BCUT2D eigenvalue weighted by molar-refractivity contribution is 5.62. The first-order valence-electron chi connectivity index (χ1n) is 7.90. The van der Waals surface area contributed by atoms with Crippen LogP contribution in [-0.2, 0) is 6.18 Å². The van der Waals surface area contributed by atoms with Gasteiger partial charge < -0.3 is 5.32 Å². The van der Waals surface area contributed by atoms with E-state index < -0.39 is 11.7 Å². The Kier molecular flexibility index (Phi) is 4.90. The zero-order chi connectivity index (χ0) is 17.9. The Morgan fingerprint density at radius 1 is 1.04 bits per heavy atom. The van der Waals surface area contributed by atoms with Crippen molar-refractivity contribution in [2.75, 3.05) is 13.6 Å². The standard InChI is InChI=1S/C19H18F3N3/c1-23-12-17(16-4-2-3-5-18(16)19(20,21)22)14-8-6-13(7-9-14)15-10-24-25-11-15/h2-11,17,23H,12H2,1H3,(H,24,25). The van der Waals surface area contributed by atoms with Crippen molar-refractivity contribution in [1.82, 2.24) is 15.5 Å². The van der Waals surface area contributed by atoms with E-state index in [2.05, 4.69) is 15.5 Å². The monoisotopic (exact) mass is 345 g/mol. The predicted octanol–water partition coefficient (Wildman–Crippen LogP) is 4.45. The Bertz CT molecular complexity index is 809. The molecular weight excluding hydrogens is 327 g/mol. The second kappa shape index (κ2) is 7.11. The lowest BCUT2D eigenvalue weighted by atomic mass is 9.87. The van der Waals surface area contributed by atoms with Gasteiger partial charge in [0.2, 0.25) is 0 Å². The maximum atomic E-state index is 13.4. The van der Waals surface area contributed by atoms with Crippen LogP contribution in [0.1, 0.15) is 22.6 Å². The molecule has 3 rings (SSSR count). The van der Waals surface area contributed by atoms with E-state index in [9.17, 15) is 13.2 Å². The second-order valence-electron chi connectivity index (χ2n) is 5.80. The minimum absolute atomic E-state index is 0.278. The first-order valence-corrected chi connectivity index (χ1v) is 7.90. The van der Waals surface area contributed by atoms with Crippen LogP contribution in [0.25, 0.3) is 11.1 Å². The number of aromatic nitrogens is 2. The smallest absolute Gasteiger partial charge is 0.319 e. The van der Waals surface area contributed by atoms with Crippen LogP contribution in [-0.4, -0.2) is 23.8 Å². The topological polar surface area (TPSA) is 40.7 Å². The van der Waals surface area contributed by atoms with E-state index in [-0.39, 0.29) is 11.5 Å². The van der Waals surface area contributed by atoms with Gasteiger partial charge in [-0.15, -0.1) is 0 Å². The van der Waals surface area contributed by atoms with E-state index in [1.54, 1.807) is 31.6 Å². The molecular formula is C19H18F3N3. The lowest BCUT2D eigenvalue weighted by Crippen LogP contribution is -2.21. The summed E-state index contributed by atoms with van der Waals surface area (Å²) in [6.45, 7) is 0.415. The number of rotatable bonds is 5. The van der Waals surface area contributed by atoms with Crippen LogP contribution >= 0.6 is 0 Å². The molecule has 0 saturated heterocycles. The summed E-state index contributed by atoms with van der Waals surface area (Å²) in [6, 6.07) is 13.3. The van der Waals surface area contributed by atoms with E-state index in [1.807, 2.05) is 24.3 Å². The third kappa shape index (κ3) is 3.74. The van der Waals surface area contributed by atoms with Crippen LogP contribution in [0.2, 0.25) is 0 Å². The molecule has 2 aromatic carbocycles. The van der Waals surface area contributed by atoms with Crippen molar-refractivity contribution in [1.29, 1.82) is 0 Å². The van der Waals surface area contributed by atoms with Gasteiger partial charge in [-0.25, -0.2) is 0 Å². The molecule has 0 amide bonds. The van der Waals surface area contributed by atoms with Gasteiger partial charge in [0.15, 0.2) is 0 Å². The van der Waals surface area contributed by atoms with Crippen LogP contribution in [0.15, 0.2) is 60.9 Å². The fourth-order valence-corrected chi connectivity index (χ4v) is 2.99. The van der Waals surface area contributed by atoms with Crippen molar-refractivity contribution in [3.8, 4) is 11.1 Å². The van der Waals surface area contributed by atoms with Crippen molar-refractivity contribution in [3.63, 3.8) is 0 Å². The molecule has 1 atom stereocenters. The van der Waals surface area contributed by atoms with Gasteiger partial charge in [0.25, 0.3) is 0 Å². The van der Waals surface area contributed by atoms with Gasteiger partial charge in [-0.05, 0) is 29.8 Å². The molecule has 3 nitrogen and oxygen atoms in total. The molecule has 2 N–H and O–H groups in total. The Morgan fingerprint density at radius 3 is 2.36 bits per heavy atom. The van der Waals surface area contributed by atoms with Gasteiger partial charge in [-0.3, -0.25) is 5.10 Å². The molecule has 25 heavy (non-hydrogen) atoms. The van der Waals surface area contributed by atoms with E-state index in [4.69, 9.17) is 0 Å². The Morgan fingerprint density at radius 2 is 1.76 bits per heavy atom. The van der Waals surface area contributed by atoms with E-state index in [1.165, 1.54) is 6.07 Å². The van der Waals surface area contributed by atoms with Crippen molar-refractivity contribution >= 4 is 0 Å². The van der Waals surface area contributed by atoms with Crippen molar-refractivity contribution in [2.45, 2.75) is 12.1 Å². The summed E-state index contributed by atoms with van der Waals surface area (Å²) in [6.07, 6.45) is -0.891. The summed E-state index contributed by atoms with van der Waals surface area (Å²) in [5, 5.41) is 9.67. The molecule has 0 aliphatic carbocycles. The summed E-state index contributed by atoms with van der Waals surface area (Å²) in [4.78, 5) is 0. The number of benzene rings is 2. The van der Waals surface area contributed by atoms with E-state index in [0.29, 0.717) is 6.54 Å². The summed E-state index contributed by atoms with van der Waals surface area (Å²) in [5.74, 6) is -0.388. The van der Waals surface area contributed by atoms with Gasteiger partial charge in [-0.2, -0.15) is 18.3 Å². The molecule has 1 unspecified atom stereocenters. The van der Waals surface area contributed by atoms with Crippen molar-refractivity contribution in [2.24, 2.45) is 0 Å². The fraction of sp³-hybridized carbons (Fsp3) is 0.211. The number of hydrogen-bond acceptors (Lipinski definition) is 2. The summed E-state index contributed by atoms with van der Waals surface area (Å²) in [7, 11) is 1.74. The highest BCUT2D eigenvalue weighted by Crippen LogP contribution is 2.37.